The van der Waals surface area contributed by atoms with Crippen molar-refractivity contribution in [2.45, 2.75) is 45.6 Å². The number of anilines is 2. The Morgan fingerprint density at radius 2 is 2.20 bits per heavy atom. The summed E-state index contributed by atoms with van der Waals surface area (Å²) in [6.45, 7) is 6.65. The van der Waals surface area contributed by atoms with Crippen molar-refractivity contribution in [3.8, 4) is 0 Å². The number of carbonyl (C=O) groups excluding carboxylic acids is 2. The van der Waals surface area contributed by atoms with Gasteiger partial charge in [-0.25, -0.2) is 4.98 Å². The summed E-state index contributed by atoms with van der Waals surface area (Å²) >= 11 is 1.61. The molecule has 4 rings (SSSR count). The lowest BCUT2D eigenvalue weighted by Gasteiger charge is -2.46. The molecule has 0 aromatic carbocycles. The minimum atomic E-state index is -0.660. The van der Waals surface area contributed by atoms with Crippen molar-refractivity contribution >= 4 is 44.9 Å². The van der Waals surface area contributed by atoms with Crippen molar-refractivity contribution in [3.05, 3.63) is 35.0 Å². The highest BCUT2D eigenvalue weighted by molar-refractivity contribution is 7.19. The molecule has 0 unspecified atom stereocenters. The standard InChI is InChI=1S/C21H26N6O2S/c1-4-13-7-14(9-23-18(13)22)25-19(28)20(29)27-11-12(2)5-6-21(27,3)17-8-15-16(30-17)10-24-26-15/h7-10,12H,4-6,11H2,1-3H3,(H2,22,23)(H,24,26)(H,25,28)/t12-,21-/m0/s1. The molecule has 1 saturated heterocycles. The van der Waals surface area contributed by atoms with Gasteiger partial charge in [-0.2, -0.15) is 5.10 Å². The van der Waals surface area contributed by atoms with E-state index >= 15 is 0 Å². The molecule has 9 heteroatoms. The van der Waals surface area contributed by atoms with E-state index in [0.29, 0.717) is 30.4 Å². The number of piperidine rings is 1. The van der Waals surface area contributed by atoms with E-state index in [-0.39, 0.29) is 0 Å². The molecule has 3 aromatic rings. The third kappa shape index (κ3) is 3.54. The van der Waals surface area contributed by atoms with Crippen LogP contribution >= 0.6 is 11.3 Å². The number of likely N-dealkylation sites (tertiary alicyclic amines) is 1. The van der Waals surface area contributed by atoms with Crippen molar-refractivity contribution in [1.82, 2.24) is 20.1 Å². The average Bonchev–Trinajstić information content (AvgIpc) is 3.33. The van der Waals surface area contributed by atoms with Crippen molar-refractivity contribution < 1.29 is 9.59 Å². The first-order valence-electron chi connectivity index (χ1n) is 10.1. The highest BCUT2D eigenvalue weighted by atomic mass is 32.1. The minimum Gasteiger partial charge on any atom is -0.383 e. The van der Waals surface area contributed by atoms with Crippen LogP contribution in [0.3, 0.4) is 0 Å². The molecule has 158 valence electrons. The van der Waals surface area contributed by atoms with Gasteiger partial charge in [-0.05, 0) is 49.8 Å². The monoisotopic (exact) mass is 426 g/mol. The first-order chi connectivity index (χ1) is 14.3. The fourth-order valence-electron chi connectivity index (χ4n) is 4.02. The summed E-state index contributed by atoms with van der Waals surface area (Å²) in [5.41, 5.74) is 7.56. The Balaban J connectivity index is 1.60. The van der Waals surface area contributed by atoms with Gasteiger partial charge < -0.3 is 16.0 Å². The maximum absolute atomic E-state index is 13.3. The van der Waals surface area contributed by atoms with Gasteiger partial charge in [-0.3, -0.25) is 14.7 Å². The molecule has 0 aliphatic carbocycles. The predicted octanol–water partition coefficient (Wildman–Crippen LogP) is 3.28. The Morgan fingerprint density at radius 3 is 2.93 bits per heavy atom. The van der Waals surface area contributed by atoms with E-state index in [1.165, 1.54) is 6.20 Å². The first-order valence-corrected chi connectivity index (χ1v) is 10.9. The number of rotatable bonds is 3. The lowest BCUT2D eigenvalue weighted by Crippen LogP contribution is -2.55. The van der Waals surface area contributed by atoms with E-state index in [1.54, 1.807) is 28.5 Å². The van der Waals surface area contributed by atoms with Gasteiger partial charge in [-0.15, -0.1) is 11.3 Å². The number of hydrogen-bond acceptors (Lipinski definition) is 6. The van der Waals surface area contributed by atoms with Gasteiger partial charge in [0.1, 0.15) is 5.82 Å². The van der Waals surface area contributed by atoms with Gasteiger partial charge in [0.15, 0.2) is 0 Å². The molecule has 0 saturated carbocycles. The zero-order valence-corrected chi connectivity index (χ0v) is 18.2. The topological polar surface area (TPSA) is 117 Å². The number of nitrogen functional groups attached to an aromatic ring is 1. The number of pyridine rings is 1. The summed E-state index contributed by atoms with van der Waals surface area (Å²) < 4.78 is 1.04. The molecule has 0 spiro atoms. The smallest absolute Gasteiger partial charge is 0.313 e. The van der Waals surface area contributed by atoms with Crippen LogP contribution in [0.15, 0.2) is 24.5 Å². The Morgan fingerprint density at radius 1 is 1.40 bits per heavy atom. The third-order valence-electron chi connectivity index (χ3n) is 5.95. The van der Waals surface area contributed by atoms with Crippen LogP contribution in [0.4, 0.5) is 11.5 Å². The minimum absolute atomic E-state index is 0.325. The van der Waals surface area contributed by atoms with E-state index in [4.69, 9.17) is 5.73 Å². The molecule has 1 aliphatic rings. The molecule has 30 heavy (non-hydrogen) atoms. The molecule has 1 fully saturated rings. The highest BCUT2D eigenvalue weighted by Crippen LogP contribution is 2.43. The van der Waals surface area contributed by atoms with E-state index < -0.39 is 17.4 Å². The zero-order chi connectivity index (χ0) is 21.5. The lowest BCUT2D eigenvalue weighted by atomic mass is 9.82. The molecule has 0 bridgehead atoms. The van der Waals surface area contributed by atoms with Gasteiger partial charge >= 0.3 is 11.8 Å². The predicted molar refractivity (Wildman–Crippen MR) is 118 cm³/mol. The average molecular weight is 427 g/mol. The van der Waals surface area contributed by atoms with Crippen molar-refractivity contribution in [1.29, 1.82) is 0 Å². The van der Waals surface area contributed by atoms with E-state index in [9.17, 15) is 9.59 Å². The van der Waals surface area contributed by atoms with Gasteiger partial charge in [-0.1, -0.05) is 13.8 Å². The van der Waals surface area contributed by atoms with Crippen LogP contribution in [0.2, 0.25) is 0 Å². The number of amides is 2. The second kappa shape index (κ2) is 7.71. The van der Waals surface area contributed by atoms with Crippen LogP contribution in [0.25, 0.3) is 10.2 Å². The first kappa shape index (κ1) is 20.3. The summed E-state index contributed by atoms with van der Waals surface area (Å²) in [5, 5.41) is 9.74. The van der Waals surface area contributed by atoms with Gasteiger partial charge in [0, 0.05) is 11.4 Å². The molecule has 2 amide bonds. The molecule has 3 aromatic heterocycles. The fraction of sp³-hybridized carbons (Fsp3) is 0.429. The molecule has 0 radical (unpaired) electrons. The Kier molecular flexibility index (Phi) is 5.23. The molecule has 8 nitrogen and oxygen atoms in total. The summed E-state index contributed by atoms with van der Waals surface area (Å²) in [7, 11) is 0. The Labute approximate surface area is 178 Å². The molecular weight excluding hydrogens is 400 g/mol. The zero-order valence-electron chi connectivity index (χ0n) is 17.4. The number of nitrogens with two attached hydrogens (primary N) is 1. The second-order valence-corrected chi connectivity index (χ2v) is 9.25. The molecule has 2 atom stereocenters. The number of fused-ring (bicyclic) bond motifs is 1. The number of thiophene rings is 1. The largest absolute Gasteiger partial charge is 0.383 e. The van der Waals surface area contributed by atoms with Crippen LogP contribution in [0, 0.1) is 5.92 Å². The number of aromatic nitrogens is 3. The summed E-state index contributed by atoms with van der Waals surface area (Å²) in [6, 6.07) is 3.80. The number of nitrogens with zero attached hydrogens (tertiary/aromatic N) is 3. The van der Waals surface area contributed by atoms with E-state index in [1.807, 2.05) is 19.9 Å². The quantitative estimate of drug-likeness (QED) is 0.556. The Bertz CT molecular complexity index is 1080. The maximum Gasteiger partial charge on any atom is 0.313 e. The summed E-state index contributed by atoms with van der Waals surface area (Å²) in [4.78, 5) is 33.0. The summed E-state index contributed by atoms with van der Waals surface area (Å²) in [5.74, 6) is -0.435. The Hall–Kier alpha value is -2.94. The molecule has 4 N–H and O–H groups in total. The second-order valence-electron chi connectivity index (χ2n) is 8.17. The van der Waals surface area contributed by atoms with Gasteiger partial charge in [0.2, 0.25) is 0 Å². The van der Waals surface area contributed by atoms with Crippen molar-refractivity contribution in [3.63, 3.8) is 0 Å². The number of carbonyl (C=O) groups is 2. The molecule has 1 aliphatic heterocycles. The fourth-order valence-corrected chi connectivity index (χ4v) is 5.19. The lowest BCUT2D eigenvalue weighted by molar-refractivity contribution is -0.150. The van der Waals surface area contributed by atoms with E-state index in [2.05, 4.69) is 27.4 Å². The van der Waals surface area contributed by atoms with Crippen LogP contribution < -0.4 is 11.1 Å². The maximum atomic E-state index is 13.3. The molecular formula is C21H26N6O2S. The van der Waals surface area contributed by atoms with Crippen LogP contribution in [-0.4, -0.2) is 38.4 Å². The van der Waals surface area contributed by atoms with Crippen LogP contribution in [0.5, 0.6) is 0 Å². The van der Waals surface area contributed by atoms with Gasteiger partial charge in [0.25, 0.3) is 0 Å². The normalized spacial score (nSPS) is 21.7. The van der Waals surface area contributed by atoms with Gasteiger partial charge in [0.05, 0.1) is 33.8 Å². The van der Waals surface area contributed by atoms with Crippen molar-refractivity contribution in [2.24, 2.45) is 5.92 Å². The van der Waals surface area contributed by atoms with Crippen LogP contribution in [-0.2, 0) is 21.5 Å². The van der Waals surface area contributed by atoms with Crippen LogP contribution in [0.1, 0.15) is 44.1 Å². The number of H-pyrrole nitrogens is 1. The number of aromatic amines is 1. The molecule has 4 heterocycles. The number of aryl methyl sites for hydroxylation is 1. The SMILES string of the molecule is CCc1cc(NC(=O)C(=O)N2C[C@@H](C)CC[C@@]2(C)c2cc3[nH]ncc3s2)cnc1N. The third-order valence-corrected chi connectivity index (χ3v) is 7.27. The number of nitrogens with one attached hydrogen (secondary N) is 2. The summed E-state index contributed by atoms with van der Waals surface area (Å²) in [6.07, 6.45) is 5.75. The number of hydrogen-bond donors (Lipinski definition) is 3. The highest BCUT2D eigenvalue weighted by Gasteiger charge is 2.44. The van der Waals surface area contributed by atoms with Crippen molar-refractivity contribution in [2.75, 3.05) is 17.6 Å². The van der Waals surface area contributed by atoms with E-state index in [0.717, 1.165) is 33.5 Å².